The van der Waals surface area contributed by atoms with E-state index in [1.54, 1.807) is 29.3 Å². The van der Waals surface area contributed by atoms with E-state index < -0.39 is 10.8 Å². The minimum Gasteiger partial charge on any atom is -0.470 e. The normalized spacial score (nSPS) is 10.9. The Balaban J connectivity index is 1.34. The third-order valence-electron chi connectivity index (χ3n) is 5.08. The number of nitro groups is 1. The average molecular weight is 485 g/mol. The van der Waals surface area contributed by atoms with Crippen LogP contribution in [0.15, 0.2) is 49.1 Å². The third kappa shape index (κ3) is 5.07. The Hall–Kier alpha value is -4.19. The molecule has 4 rings (SSSR count). The number of ether oxygens (including phenoxy) is 1. The lowest BCUT2D eigenvalue weighted by molar-refractivity contribution is -0.384. The summed E-state index contributed by atoms with van der Waals surface area (Å²) in [4.78, 5) is 22.8. The fraction of sp³-hybridized carbons (Fsp3) is 0.238. The van der Waals surface area contributed by atoms with Gasteiger partial charge < -0.3 is 10.1 Å². The van der Waals surface area contributed by atoms with E-state index in [0.717, 1.165) is 17.8 Å². The lowest BCUT2D eigenvalue weighted by Gasteiger charge is -2.07. The Labute approximate surface area is 198 Å². The maximum Gasteiger partial charge on any atom is 0.276 e. The van der Waals surface area contributed by atoms with Gasteiger partial charge in [-0.2, -0.15) is 15.3 Å². The Morgan fingerprint density at radius 2 is 2.06 bits per heavy atom. The van der Waals surface area contributed by atoms with E-state index in [9.17, 15) is 14.9 Å². The molecule has 0 saturated carbocycles. The van der Waals surface area contributed by atoms with Crippen molar-refractivity contribution in [1.82, 2.24) is 29.3 Å². The van der Waals surface area contributed by atoms with Crippen LogP contribution in [0.4, 0.5) is 11.4 Å². The van der Waals surface area contributed by atoms with Crippen molar-refractivity contribution in [2.75, 3.05) is 5.32 Å². The number of halogens is 1. The molecule has 34 heavy (non-hydrogen) atoms. The Morgan fingerprint density at radius 1 is 1.24 bits per heavy atom. The zero-order chi connectivity index (χ0) is 24.2. The van der Waals surface area contributed by atoms with Crippen molar-refractivity contribution in [2.24, 2.45) is 0 Å². The van der Waals surface area contributed by atoms with Crippen LogP contribution in [0.5, 0.6) is 5.75 Å². The summed E-state index contributed by atoms with van der Waals surface area (Å²) >= 11 is 6.02. The van der Waals surface area contributed by atoms with Crippen molar-refractivity contribution in [1.29, 1.82) is 0 Å². The predicted molar refractivity (Wildman–Crippen MR) is 123 cm³/mol. The van der Waals surface area contributed by atoms with Gasteiger partial charge in [-0.1, -0.05) is 11.6 Å². The number of amides is 1. The zero-order valence-electron chi connectivity index (χ0n) is 18.4. The van der Waals surface area contributed by atoms with Crippen LogP contribution in [-0.2, 0) is 19.8 Å². The molecule has 0 atom stereocenters. The van der Waals surface area contributed by atoms with Crippen molar-refractivity contribution in [3.8, 4) is 5.75 Å². The smallest absolute Gasteiger partial charge is 0.276 e. The molecule has 3 heterocycles. The second-order valence-electron chi connectivity index (χ2n) is 7.34. The van der Waals surface area contributed by atoms with Gasteiger partial charge in [0.1, 0.15) is 5.75 Å². The molecule has 0 bridgehead atoms. The Morgan fingerprint density at radius 3 is 2.76 bits per heavy atom. The van der Waals surface area contributed by atoms with E-state index in [1.807, 2.05) is 24.7 Å². The summed E-state index contributed by atoms with van der Waals surface area (Å²) in [7, 11) is 0. The maximum absolute atomic E-state index is 12.6. The molecule has 0 unspecified atom stereocenters. The quantitative estimate of drug-likeness (QED) is 0.283. The van der Waals surface area contributed by atoms with Crippen LogP contribution >= 0.6 is 11.6 Å². The van der Waals surface area contributed by atoms with Crippen molar-refractivity contribution < 1.29 is 14.5 Å². The molecule has 1 amide bonds. The average Bonchev–Trinajstić information content (AvgIpc) is 3.54. The molecule has 13 heteroatoms. The van der Waals surface area contributed by atoms with Crippen LogP contribution in [0, 0.1) is 17.0 Å². The van der Waals surface area contributed by atoms with Crippen LogP contribution in [-0.4, -0.2) is 40.2 Å². The van der Waals surface area contributed by atoms with Gasteiger partial charge in [0.2, 0.25) is 0 Å². The number of carbonyl (C=O) groups is 1. The molecule has 1 aromatic carbocycles. The lowest BCUT2D eigenvalue weighted by Crippen LogP contribution is -2.14. The van der Waals surface area contributed by atoms with Gasteiger partial charge in [-0.15, -0.1) is 0 Å². The van der Waals surface area contributed by atoms with Gasteiger partial charge in [0, 0.05) is 42.3 Å². The first kappa shape index (κ1) is 23.0. The van der Waals surface area contributed by atoms with Crippen LogP contribution in [0.2, 0.25) is 5.02 Å². The number of aryl methyl sites for hydroxylation is 1. The van der Waals surface area contributed by atoms with Gasteiger partial charge in [-0.05, 0) is 26.0 Å². The highest BCUT2D eigenvalue weighted by Crippen LogP contribution is 2.28. The van der Waals surface area contributed by atoms with Crippen LogP contribution in [0.3, 0.4) is 0 Å². The molecule has 176 valence electrons. The molecule has 12 nitrogen and oxygen atoms in total. The molecule has 0 aliphatic carbocycles. The summed E-state index contributed by atoms with van der Waals surface area (Å²) in [5.41, 5.74) is 2.71. The first-order valence-electron chi connectivity index (χ1n) is 10.3. The van der Waals surface area contributed by atoms with E-state index in [2.05, 4.69) is 20.6 Å². The molecule has 0 aliphatic heterocycles. The maximum atomic E-state index is 12.6. The van der Waals surface area contributed by atoms with E-state index >= 15 is 0 Å². The molecule has 0 saturated heterocycles. The lowest BCUT2D eigenvalue weighted by atomic mass is 10.2. The molecular weight excluding hydrogens is 464 g/mol. The minimum atomic E-state index is -0.543. The van der Waals surface area contributed by atoms with Crippen molar-refractivity contribution in [3.05, 3.63) is 81.1 Å². The molecule has 0 spiro atoms. The number of rotatable bonds is 9. The summed E-state index contributed by atoms with van der Waals surface area (Å²) in [6.07, 6.45) is 6.69. The highest BCUT2D eigenvalue weighted by Gasteiger charge is 2.14. The van der Waals surface area contributed by atoms with Crippen LogP contribution < -0.4 is 10.1 Å². The minimum absolute atomic E-state index is 0.0342. The first-order valence-corrected chi connectivity index (χ1v) is 10.7. The molecule has 3 aromatic heterocycles. The van der Waals surface area contributed by atoms with Gasteiger partial charge >= 0.3 is 0 Å². The molecule has 0 fully saturated rings. The number of carbonyl (C=O) groups excluding carboxylic acids is 1. The summed E-state index contributed by atoms with van der Waals surface area (Å²) < 4.78 is 10.6. The summed E-state index contributed by atoms with van der Waals surface area (Å²) in [6.45, 7) is 5.34. The van der Waals surface area contributed by atoms with Gasteiger partial charge in [-0.25, -0.2) is 4.68 Å². The zero-order valence-corrected chi connectivity index (χ0v) is 19.1. The number of non-ortho nitro benzene ring substituents is 1. The number of aromatic nitrogens is 6. The summed E-state index contributed by atoms with van der Waals surface area (Å²) in [5, 5.41) is 26.5. The molecule has 1 N–H and O–H groups in total. The Bertz CT molecular complexity index is 1340. The van der Waals surface area contributed by atoms with Gasteiger partial charge in [0.05, 0.1) is 34.6 Å². The summed E-state index contributed by atoms with van der Waals surface area (Å²) in [5.74, 6) is -0.137. The number of nitrogens with zero attached hydrogens (tertiary/aromatic N) is 7. The standard InChI is InChI=1S/C21H21ClN8O4/c1-3-29-14(2)15(9-24-29)11-28-12-16(10-23-28)25-21(31)19-6-7-27(26-19)13-34-20-5-4-17(30(32)33)8-18(20)22/h4-10,12H,3,11,13H2,1-2H3,(H,25,31). The predicted octanol–water partition coefficient (Wildman–Crippen LogP) is 3.50. The van der Waals surface area contributed by atoms with Gasteiger partial charge in [0.15, 0.2) is 12.4 Å². The number of nitrogens with one attached hydrogen (secondary N) is 1. The Kier molecular flexibility index (Phi) is 6.59. The topological polar surface area (TPSA) is 135 Å². The first-order chi connectivity index (χ1) is 16.3. The number of hydrogen-bond donors (Lipinski definition) is 1. The summed E-state index contributed by atoms with van der Waals surface area (Å²) in [6, 6.07) is 5.45. The second kappa shape index (κ2) is 9.75. The number of benzene rings is 1. The third-order valence-corrected chi connectivity index (χ3v) is 5.38. The molecule has 0 radical (unpaired) electrons. The second-order valence-corrected chi connectivity index (χ2v) is 7.74. The number of hydrogen-bond acceptors (Lipinski definition) is 7. The van der Waals surface area contributed by atoms with E-state index in [4.69, 9.17) is 16.3 Å². The number of anilines is 1. The SMILES string of the molecule is CCn1ncc(Cn2cc(NC(=O)c3ccn(COc4ccc([N+](=O)[O-])cc4Cl)n3)cn2)c1C. The molecule has 0 aliphatic rings. The fourth-order valence-electron chi connectivity index (χ4n) is 3.25. The fourth-order valence-corrected chi connectivity index (χ4v) is 3.48. The van der Waals surface area contributed by atoms with Crippen molar-refractivity contribution in [3.63, 3.8) is 0 Å². The van der Waals surface area contributed by atoms with Crippen LogP contribution in [0.1, 0.15) is 28.7 Å². The van der Waals surface area contributed by atoms with Crippen molar-refractivity contribution in [2.45, 2.75) is 33.7 Å². The largest absolute Gasteiger partial charge is 0.470 e. The number of nitro benzene ring substituents is 1. The molecule has 4 aromatic rings. The van der Waals surface area contributed by atoms with E-state index in [0.29, 0.717) is 12.2 Å². The van der Waals surface area contributed by atoms with Gasteiger partial charge in [0.25, 0.3) is 11.6 Å². The monoisotopic (exact) mass is 484 g/mol. The van der Waals surface area contributed by atoms with E-state index in [1.165, 1.54) is 22.9 Å². The van der Waals surface area contributed by atoms with Crippen molar-refractivity contribution >= 4 is 28.9 Å². The van der Waals surface area contributed by atoms with Gasteiger partial charge in [-0.3, -0.25) is 24.3 Å². The molecular formula is C21H21ClN8O4. The van der Waals surface area contributed by atoms with Crippen LogP contribution in [0.25, 0.3) is 0 Å². The highest BCUT2D eigenvalue weighted by atomic mass is 35.5. The van der Waals surface area contributed by atoms with E-state index in [-0.39, 0.29) is 28.9 Å². The highest BCUT2D eigenvalue weighted by molar-refractivity contribution is 6.32.